The minimum atomic E-state index is 0.516. The average molecular weight is 202 g/mol. The Morgan fingerprint density at radius 1 is 1.58 bits per heavy atom. The zero-order valence-electron chi connectivity index (χ0n) is 6.72. The Kier molecular flexibility index (Phi) is 3.57. The van der Waals surface area contributed by atoms with E-state index in [4.69, 9.17) is 23.2 Å². The van der Waals surface area contributed by atoms with Crippen LogP contribution >= 0.6 is 23.2 Å². The van der Waals surface area contributed by atoms with E-state index in [-0.39, 0.29) is 0 Å². The van der Waals surface area contributed by atoms with Crippen LogP contribution in [0.3, 0.4) is 0 Å². The molecular weight excluding hydrogens is 193 g/mol. The highest BCUT2D eigenvalue weighted by Crippen LogP contribution is 2.13. The van der Waals surface area contributed by atoms with Gasteiger partial charge in [0.1, 0.15) is 5.15 Å². The van der Waals surface area contributed by atoms with E-state index in [1.165, 1.54) is 0 Å². The van der Waals surface area contributed by atoms with Crippen LogP contribution in [0.5, 0.6) is 0 Å². The molecule has 0 saturated heterocycles. The number of hydrogen-bond acceptors (Lipinski definition) is 1. The van der Waals surface area contributed by atoms with Crippen LogP contribution in [0.25, 0.3) is 6.08 Å². The van der Waals surface area contributed by atoms with Crippen molar-refractivity contribution in [2.45, 2.75) is 6.92 Å². The first-order valence-electron chi connectivity index (χ1n) is 3.58. The Morgan fingerprint density at radius 2 is 2.33 bits per heavy atom. The third-order valence-electron chi connectivity index (χ3n) is 1.50. The standard InChI is InChI=1S/C9H9Cl2N/c1-7-5-9(11)12-6-8(7)3-2-4-10/h2-3,5-6H,4H2,1H3. The molecule has 64 valence electrons. The molecule has 0 bridgehead atoms. The van der Waals surface area contributed by atoms with Gasteiger partial charge in [-0.2, -0.15) is 0 Å². The number of pyridine rings is 1. The smallest absolute Gasteiger partial charge is 0.129 e. The van der Waals surface area contributed by atoms with Gasteiger partial charge in [0.25, 0.3) is 0 Å². The average Bonchev–Trinajstić information content (AvgIpc) is 2.03. The first-order chi connectivity index (χ1) is 5.74. The van der Waals surface area contributed by atoms with E-state index in [0.29, 0.717) is 11.0 Å². The second kappa shape index (κ2) is 4.48. The maximum Gasteiger partial charge on any atom is 0.129 e. The van der Waals surface area contributed by atoms with Crippen molar-refractivity contribution < 1.29 is 0 Å². The Balaban J connectivity index is 2.94. The second-order valence-corrected chi connectivity index (χ2v) is 3.12. The molecule has 0 N–H and O–H groups in total. The van der Waals surface area contributed by atoms with Crippen molar-refractivity contribution in [3.05, 3.63) is 34.6 Å². The summed E-state index contributed by atoms with van der Waals surface area (Å²) in [7, 11) is 0. The van der Waals surface area contributed by atoms with Gasteiger partial charge in [-0.1, -0.05) is 23.8 Å². The van der Waals surface area contributed by atoms with Crippen molar-refractivity contribution in [2.75, 3.05) is 5.88 Å². The van der Waals surface area contributed by atoms with E-state index < -0.39 is 0 Å². The van der Waals surface area contributed by atoms with Crippen molar-refractivity contribution in [1.82, 2.24) is 4.98 Å². The molecule has 0 aromatic carbocycles. The van der Waals surface area contributed by atoms with Crippen LogP contribution in [0.4, 0.5) is 0 Å². The SMILES string of the molecule is Cc1cc(Cl)ncc1C=CCCl. The van der Waals surface area contributed by atoms with Crippen LogP contribution in [0.2, 0.25) is 5.15 Å². The number of nitrogens with zero attached hydrogens (tertiary/aromatic N) is 1. The van der Waals surface area contributed by atoms with Gasteiger partial charge < -0.3 is 0 Å². The summed E-state index contributed by atoms with van der Waals surface area (Å²) in [5, 5.41) is 0.524. The van der Waals surface area contributed by atoms with Gasteiger partial charge in [0, 0.05) is 12.1 Å². The lowest BCUT2D eigenvalue weighted by atomic mass is 10.1. The molecule has 0 saturated carbocycles. The summed E-state index contributed by atoms with van der Waals surface area (Å²) in [5.41, 5.74) is 2.16. The number of aromatic nitrogens is 1. The molecule has 0 fully saturated rings. The number of allylic oxidation sites excluding steroid dienone is 1. The predicted molar refractivity (Wildman–Crippen MR) is 53.7 cm³/mol. The van der Waals surface area contributed by atoms with Crippen molar-refractivity contribution in [3.63, 3.8) is 0 Å². The fourth-order valence-electron chi connectivity index (χ4n) is 0.878. The third kappa shape index (κ3) is 2.50. The highest BCUT2D eigenvalue weighted by molar-refractivity contribution is 6.29. The van der Waals surface area contributed by atoms with Crippen LogP contribution in [0.15, 0.2) is 18.3 Å². The Morgan fingerprint density at radius 3 is 2.92 bits per heavy atom. The first kappa shape index (κ1) is 9.56. The largest absolute Gasteiger partial charge is 0.244 e. The fourth-order valence-corrected chi connectivity index (χ4v) is 1.18. The Hall–Kier alpha value is -0.530. The van der Waals surface area contributed by atoms with Gasteiger partial charge in [-0.15, -0.1) is 11.6 Å². The van der Waals surface area contributed by atoms with Crippen LogP contribution in [-0.2, 0) is 0 Å². The lowest BCUT2D eigenvalue weighted by Crippen LogP contribution is -1.83. The maximum absolute atomic E-state index is 5.69. The van der Waals surface area contributed by atoms with Crippen LogP contribution in [0, 0.1) is 6.92 Å². The fraction of sp³-hybridized carbons (Fsp3) is 0.222. The van der Waals surface area contributed by atoms with Crippen LogP contribution in [-0.4, -0.2) is 10.9 Å². The molecule has 0 aliphatic heterocycles. The molecule has 0 spiro atoms. The molecule has 0 aliphatic carbocycles. The van der Waals surface area contributed by atoms with Crippen molar-refractivity contribution in [3.8, 4) is 0 Å². The van der Waals surface area contributed by atoms with Gasteiger partial charge in [0.2, 0.25) is 0 Å². The van der Waals surface area contributed by atoms with E-state index >= 15 is 0 Å². The molecule has 0 amide bonds. The third-order valence-corrected chi connectivity index (χ3v) is 1.89. The van der Waals surface area contributed by atoms with Gasteiger partial charge in [-0.25, -0.2) is 4.98 Å². The molecule has 1 nitrogen and oxygen atoms in total. The molecule has 1 aromatic heterocycles. The first-order valence-corrected chi connectivity index (χ1v) is 4.50. The van der Waals surface area contributed by atoms with E-state index in [2.05, 4.69) is 4.98 Å². The van der Waals surface area contributed by atoms with Gasteiger partial charge >= 0.3 is 0 Å². The molecule has 0 radical (unpaired) electrons. The van der Waals surface area contributed by atoms with Crippen molar-refractivity contribution in [2.24, 2.45) is 0 Å². The van der Waals surface area contributed by atoms with Crippen LogP contribution < -0.4 is 0 Å². The molecule has 0 aliphatic rings. The molecule has 3 heteroatoms. The summed E-state index contributed by atoms with van der Waals surface area (Å²) in [6.07, 6.45) is 5.55. The monoisotopic (exact) mass is 201 g/mol. The maximum atomic E-state index is 5.69. The minimum absolute atomic E-state index is 0.516. The van der Waals surface area contributed by atoms with Crippen molar-refractivity contribution >= 4 is 29.3 Å². The van der Waals surface area contributed by atoms with E-state index in [9.17, 15) is 0 Å². The quantitative estimate of drug-likeness (QED) is 0.529. The highest BCUT2D eigenvalue weighted by atomic mass is 35.5. The van der Waals surface area contributed by atoms with Gasteiger partial charge in [0.05, 0.1) is 0 Å². The molecular formula is C9H9Cl2N. The summed E-state index contributed by atoms with van der Waals surface area (Å²) in [6, 6.07) is 1.83. The molecule has 0 atom stereocenters. The lowest BCUT2D eigenvalue weighted by molar-refractivity contribution is 1.27. The molecule has 1 aromatic rings. The summed E-state index contributed by atoms with van der Waals surface area (Å²) in [6.45, 7) is 1.99. The summed E-state index contributed by atoms with van der Waals surface area (Å²) in [4.78, 5) is 3.96. The number of alkyl halides is 1. The number of halogens is 2. The summed E-state index contributed by atoms with van der Waals surface area (Å²) >= 11 is 11.2. The van der Waals surface area contributed by atoms with Crippen LogP contribution in [0.1, 0.15) is 11.1 Å². The lowest BCUT2D eigenvalue weighted by Gasteiger charge is -1.98. The minimum Gasteiger partial charge on any atom is -0.244 e. The molecule has 1 heterocycles. The zero-order valence-corrected chi connectivity index (χ0v) is 8.23. The summed E-state index contributed by atoms with van der Waals surface area (Å²) < 4.78 is 0. The Bertz CT molecular complexity index is 295. The second-order valence-electron chi connectivity index (χ2n) is 2.42. The van der Waals surface area contributed by atoms with Gasteiger partial charge in [-0.3, -0.25) is 0 Å². The van der Waals surface area contributed by atoms with E-state index in [0.717, 1.165) is 11.1 Å². The summed E-state index contributed by atoms with van der Waals surface area (Å²) in [5.74, 6) is 0.516. The van der Waals surface area contributed by atoms with Gasteiger partial charge in [0.15, 0.2) is 0 Å². The highest BCUT2D eigenvalue weighted by Gasteiger charge is 1.95. The molecule has 0 unspecified atom stereocenters. The van der Waals surface area contributed by atoms with Crippen molar-refractivity contribution in [1.29, 1.82) is 0 Å². The topological polar surface area (TPSA) is 12.9 Å². The number of aryl methyl sites for hydroxylation is 1. The number of hydrogen-bond donors (Lipinski definition) is 0. The van der Waals surface area contributed by atoms with E-state index in [1.807, 2.05) is 25.1 Å². The molecule has 12 heavy (non-hydrogen) atoms. The van der Waals surface area contributed by atoms with E-state index in [1.54, 1.807) is 6.20 Å². The Labute approximate surface area is 82.0 Å². The predicted octanol–water partition coefficient (Wildman–Crippen LogP) is 3.30. The molecule has 1 rings (SSSR count). The normalized spacial score (nSPS) is 10.9. The van der Waals surface area contributed by atoms with Gasteiger partial charge in [-0.05, 0) is 24.1 Å². The number of rotatable bonds is 2. The zero-order chi connectivity index (χ0) is 8.97.